The molecule has 13 heavy (non-hydrogen) atoms. The molecular weight excluding hydrogens is 172 g/mol. The minimum atomic E-state index is 0.300. The van der Waals surface area contributed by atoms with E-state index < -0.39 is 0 Å². The van der Waals surface area contributed by atoms with Gasteiger partial charge in [-0.15, -0.1) is 0 Å². The van der Waals surface area contributed by atoms with E-state index in [-0.39, 0.29) is 0 Å². The van der Waals surface area contributed by atoms with E-state index in [1.807, 2.05) is 0 Å². The second-order valence-electron chi connectivity index (χ2n) is 2.40. The van der Waals surface area contributed by atoms with Crippen molar-refractivity contribution >= 4 is 11.4 Å². The topological polar surface area (TPSA) is 79.6 Å². The van der Waals surface area contributed by atoms with Gasteiger partial charge in [0.25, 0.3) is 0 Å². The summed E-state index contributed by atoms with van der Waals surface area (Å²) in [6, 6.07) is 3.01. The highest BCUT2D eigenvalue weighted by Gasteiger charge is 2.05. The fraction of sp³-hybridized carbons (Fsp3) is 0.250. The quantitative estimate of drug-likeness (QED) is 0.543. The van der Waals surface area contributed by atoms with Gasteiger partial charge in [0.15, 0.2) is 0 Å². The first-order valence-electron chi connectivity index (χ1n) is 3.62. The number of ether oxygens (including phenoxy) is 2. The zero-order valence-electron chi connectivity index (χ0n) is 7.46. The molecule has 0 amide bonds. The Balaban J connectivity index is 3.18. The van der Waals surface area contributed by atoms with Gasteiger partial charge in [0, 0.05) is 12.1 Å². The van der Waals surface area contributed by atoms with E-state index in [1.54, 1.807) is 5.48 Å². The van der Waals surface area contributed by atoms with Crippen LogP contribution in [-0.4, -0.2) is 14.2 Å². The van der Waals surface area contributed by atoms with Crippen LogP contribution in [0.4, 0.5) is 11.4 Å². The van der Waals surface area contributed by atoms with Gasteiger partial charge >= 0.3 is 0 Å². The number of nitrogens with one attached hydrogen (secondary N) is 1. The third-order valence-corrected chi connectivity index (χ3v) is 1.66. The first-order chi connectivity index (χ1) is 6.22. The molecule has 5 nitrogen and oxygen atoms in total. The van der Waals surface area contributed by atoms with Gasteiger partial charge in [-0.05, 0) is 0 Å². The summed E-state index contributed by atoms with van der Waals surface area (Å²) in [6.45, 7) is 0. The third kappa shape index (κ3) is 1.75. The monoisotopic (exact) mass is 183 g/mol. The van der Waals surface area contributed by atoms with E-state index in [0.29, 0.717) is 22.9 Å². The standard InChI is InChI=1S/C8H11N2O3/c1-12-7-4-6(10-11)8(13-2)3-5(7)9/h3-4,10H,9H2,1-2H3/q-1. The van der Waals surface area contributed by atoms with Gasteiger partial charge in [0.1, 0.15) is 11.5 Å². The molecule has 72 valence electrons. The van der Waals surface area contributed by atoms with Crippen LogP contribution < -0.4 is 20.7 Å². The molecule has 1 aromatic carbocycles. The number of hydrogen-bond donors (Lipinski definition) is 2. The van der Waals surface area contributed by atoms with Crippen LogP contribution in [0.2, 0.25) is 0 Å². The summed E-state index contributed by atoms with van der Waals surface area (Å²) in [7, 11) is 2.94. The summed E-state index contributed by atoms with van der Waals surface area (Å²) >= 11 is 0. The summed E-state index contributed by atoms with van der Waals surface area (Å²) in [5.74, 6) is 0.840. The van der Waals surface area contributed by atoms with Gasteiger partial charge < -0.3 is 25.9 Å². The Labute approximate surface area is 76.0 Å². The highest BCUT2D eigenvalue weighted by molar-refractivity contribution is 5.69. The molecule has 5 heteroatoms. The van der Waals surface area contributed by atoms with Crippen molar-refractivity contribution in [3.8, 4) is 11.5 Å². The van der Waals surface area contributed by atoms with Crippen molar-refractivity contribution in [2.45, 2.75) is 0 Å². The molecule has 0 aliphatic carbocycles. The number of hydrogen-bond acceptors (Lipinski definition) is 5. The minimum Gasteiger partial charge on any atom is -0.761 e. The molecule has 0 saturated heterocycles. The number of methoxy groups -OCH3 is 2. The van der Waals surface area contributed by atoms with Crippen LogP contribution in [0.15, 0.2) is 12.1 Å². The fourth-order valence-electron chi connectivity index (χ4n) is 1.00. The van der Waals surface area contributed by atoms with E-state index in [4.69, 9.17) is 15.2 Å². The average molecular weight is 183 g/mol. The molecule has 0 spiro atoms. The molecule has 0 unspecified atom stereocenters. The Morgan fingerprint density at radius 3 is 2.31 bits per heavy atom. The lowest BCUT2D eigenvalue weighted by Crippen LogP contribution is -1.97. The van der Waals surface area contributed by atoms with Crippen molar-refractivity contribution in [3.63, 3.8) is 0 Å². The summed E-state index contributed by atoms with van der Waals surface area (Å²) in [4.78, 5) is 0. The lowest BCUT2D eigenvalue weighted by Gasteiger charge is -2.16. The number of nitrogens with two attached hydrogens (primary N) is 1. The van der Waals surface area contributed by atoms with Crippen molar-refractivity contribution < 1.29 is 9.47 Å². The van der Waals surface area contributed by atoms with Crippen LogP contribution in [-0.2, 0) is 0 Å². The van der Waals surface area contributed by atoms with Crippen LogP contribution in [0, 0.1) is 5.21 Å². The molecule has 0 saturated carbocycles. The van der Waals surface area contributed by atoms with Gasteiger partial charge in [-0.25, -0.2) is 0 Å². The van der Waals surface area contributed by atoms with E-state index in [1.165, 1.54) is 26.4 Å². The molecule has 0 fully saturated rings. The summed E-state index contributed by atoms with van der Waals surface area (Å²) in [6.07, 6.45) is 0. The van der Waals surface area contributed by atoms with Gasteiger partial charge in [0.2, 0.25) is 0 Å². The van der Waals surface area contributed by atoms with Crippen LogP contribution in [0.1, 0.15) is 0 Å². The Morgan fingerprint density at radius 2 is 1.85 bits per heavy atom. The molecular formula is C8H11N2O3-. The maximum Gasteiger partial charge on any atom is 0.144 e. The maximum absolute atomic E-state index is 10.5. The van der Waals surface area contributed by atoms with Crippen molar-refractivity contribution in [1.82, 2.24) is 0 Å². The molecule has 1 rings (SSSR count). The normalized spacial score (nSPS) is 9.46. The van der Waals surface area contributed by atoms with Crippen molar-refractivity contribution in [2.24, 2.45) is 0 Å². The van der Waals surface area contributed by atoms with E-state index in [2.05, 4.69) is 0 Å². The minimum absolute atomic E-state index is 0.300. The average Bonchev–Trinajstić information content (AvgIpc) is 2.17. The van der Waals surface area contributed by atoms with Crippen molar-refractivity contribution in [1.29, 1.82) is 0 Å². The molecule has 0 radical (unpaired) electrons. The number of benzene rings is 1. The van der Waals surface area contributed by atoms with E-state index >= 15 is 0 Å². The Kier molecular flexibility index (Phi) is 2.81. The van der Waals surface area contributed by atoms with E-state index in [0.717, 1.165) is 0 Å². The van der Waals surface area contributed by atoms with Crippen LogP contribution in [0.3, 0.4) is 0 Å². The summed E-state index contributed by atoms with van der Waals surface area (Å²) in [5.41, 5.74) is 8.06. The molecule has 0 heterocycles. The van der Waals surface area contributed by atoms with Crippen LogP contribution in [0.5, 0.6) is 11.5 Å². The largest absolute Gasteiger partial charge is 0.761 e. The predicted molar refractivity (Wildman–Crippen MR) is 50.9 cm³/mol. The van der Waals surface area contributed by atoms with Gasteiger partial charge in [0.05, 0.1) is 25.6 Å². The molecule has 3 N–H and O–H groups in total. The zero-order valence-corrected chi connectivity index (χ0v) is 7.46. The number of rotatable bonds is 3. The predicted octanol–water partition coefficient (Wildman–Crippen LogP) is 1.20. The highest BCUT2D eigenvalue weighted by Crippen LogP contribution is 2.34. The summed E-state index contributed by atoms with van der Waals surface area (Å²) < 4.78 is 9.85. The van der Waals surface area contributed by atoms with Crippen LogP contribution >= 0.6 is 0 Å². The molecule has 1 aromatic rings. The van der Waals surface area contributed by atoms with Crippen molar-refractivity contribution in [3.05, 3.63) is 17.3 Å². The van der Waals surface area contributed by atoms with Crippen LogP contribution in [0.25, 0.3) is 0 Å². The second-order valence-corrected chi connectivity index (χ2v) is 2.40. The van der Waals surface area contributed by atoms with Gasteiger partial charge in [-0.2, -0.15) is 0 Å². The molecule has 0 aliphatic heterocycles. The SMILES string of the molecule is COc1cc(N[O-])c(OC)cc1N. The summed E-state index contributed by atoms with van der Waals surface area (Å²) in [5, 5.41) is 10.5. The first kappa shape index (κ1) is 9.47. The highest BCUT2D eigenvalue weighted by atomic mass is 16.5. The molecule has 0 aliphatic rings. The number of anilines is 2. The lowest BCUT2D eigenvalue weighted by molar-refractivity contribution is 0.406. The zero-order chi connectivity index (χ0) is 9.84. The Hall–Kier alpha value is -1.62. The maximum atomic E-state index is 10.5. The van der Waals surface area contributed by atoms with Gasteiger partial charge in [-0.1, -0.05) is 0 Å². The van der Waals surface area contributed by atoms with E-state index in [9.17, 15) is 5.21 Å². The van der Waals surface area contributed by atoms with Crippen molar-refractivity contribution in [2.75, 3.05) is 25.4 Å². The molecule has 0 atom stereocenters. The first-order valence-corrected chi connectivity index (χ1v) is 3.62. The fourth-order valence-corrected chi connectivity index (χ4v) is 1.00. The smallest absolute Gasteiger partial charge is 0.144 e. The second kappa shape index (κ2) is 3.86. The Morgan fingerprint density at radius 1 is 1.23 bits per heavy atom. The molecule has 0 bridgehead atoms. The van der Waals surface area contributed by atoms with Gasteiger partial charge in [-0.3, -0.25) is 0 Å². The third-order valence-electron chi connectivity index (χ3n) is 1.66. The molecule has 0 aromatic heterocycles. The Bertz CT molecular complexity index is 302. The number of nitrogen functional groups attached to an aromatic ring is 1. The lowest BCUT2D eigenvalue weighted by atomic mass is 10.2.